The van der Waals surface area contributed by atoms with Crippen LogP contribution in [0.15, 0.2) is 12.2 Å². The van der Waals surface area contributed by atoms with E-state index >= 15 is 0 Å². The summed E-state index contributed by atoms with van der Waals surface area (Å²) in [5.41, 5.74) is 0. The minimum Gasteiger partial charge on any atom is -0.544 e. The molecule has 0 saturated heterocycles. The molecule has 0 spiro atoms. The van der Waals surface area contributed by atoms with Crippen LogP contribution in [-0.4, -0.2) is 75.5 Å². The van der Waals surface area contributed by atoms with Gasteiger partial charge in [-0.1, -0.05) is 154 Å². The molecule has 0 aromatic rings. The standard InChI is InChI=1S/C44H83NO7/c1-6-8-10-12-14-16-18-20-22-24-26-28-30-32-34-42(46)51-39-40(38-50-37-36-41(44(48)49)45(3,4)5)52-43(47)35-33-31-29-27-25-23-21-19-17-15-13-11-9-7-2/h19,21,40-41H,6-18,20,22-39H2,1-5H3/b21-19-. The van der Waals surface area contributed by atoms with Crippen LogP contribution in [-0.2, 0) is 28.6 Å². The normalized spacial score (nSPS) is 13.0. The summed E-state index contributed by atoms with van der Waals surface area (Å²) in [5, 5.41) is 11.6. The average molecular weight is 738 g/mol. The fourth-order valence-electron chi connectivity index (χ4n) is 6.48. The molecule has 0 N–H and O–H groups in total. The van der Waals surface area contributed by atoms with Crippen molar-refractivity contribution in [3.05, 3.63) is 12.2 Å². The van der Waals surface area contributed by atoms with E-state index in [9.17, 15) is 19.5 Å². The molecule has 8 nitrogen and oxygen atoms in total. The van der Waals surface area contributed by atoms with Gasteiger partial charge < -0.3 is 28.6 Å². The SMILES string of the molecule is CCCCCCC/C=C\CCCCCCCC(=O)OC(COCCC(C(=O)[O-])[N+](C)(C)C)COC(=O)CCCCCCCCCCCCCCCC. The number of hydrogen-bond donors (Lipinski definition) is 0. The van der Waals surface area contributed by atoms with Gasteiger partial charge in [-0.25, -0.2) is 0 Å². The zero-order valence-corrected chi connectivity index (χ0v) is 34.7. The number of esters is 2. The molecule has 0 aliphatic rings. The third kappa shape index (κ3) is 33.9. The summed E-state index contributed by atoms with van der Waals surface area (Å²) in [6.07, 6.45) is 36.5. The smallest absolute Gasteiger partial charge is 0.306 e. The van der Waals surface area contributed by atoms with Gasteiger partial charge in [-0.15, -0.1) is 0 Å². The van der Waals surface area contributed by atoms with Crippen molar-refractivity contribution in [2.24, 2.45) is 0 Å². The molecular weight excluding hydrogens is 654 g/mol. The molecule has 0 bridgehead atoms. The highest BCUT2D eigenvalue weighted by molar-refractivity contribution is 5.70. The number of carbonyl (C=O) groups excluding carboxylic acids is 3. The van der Waals surface area contributed by atoms with E-state index in [1.165, 1.54) is 116 Å². The van der Waals surface area contributed by atoms with Crippen molar-refractivity contribution in [1.29, 1.82) is 0 Å². The minimum absolute atomic E-state index is 0.0427. The molecule has 52 heavy (non-hydrogen) atoms. The van der Waals surface area contributed by atoms with Gasteiger partial charge in [0.15, 0.2) is 6.10 Å². The second-order valence-electron chi connectivity index (χ2n) is 15.9. The van der Waals surface area contributed by atoms with E-state index in [4.69, 9.17) is 14.2 Å². The molecule has 0 aromatic carbocycles. The first-order valence-corrected chi connectivity index (χ1v) is 21.7. The van der Waals surface area contributed by atoms with Crippen LogP contribution in [0.4, 0.5) is 0 Å². The van der Waals surface area contributed by atoms with Crippen molar-refractivity contribution < 1.29 is 38.2 Å². The molecule has 0 rings (SSSR count). The zero-order valence-electron chi connectivity index (χ0n) is 34.7. The fourth-order valence-corrected chi connectivity index (χ4v) is 6.48. The van der Waals surface area contributed by atoms with E-state index < -0.39 is 18.1 Å². The van der Waals surface area contributed by atoms with Gasteiger partial charge >= 0.3 is 11.9 Å². The van der Waals surface area contributed by atoms with E-state index in [-0.39, 0.29) is 42.7 Å². The van der Waals surface area contributed by atoms with Gasteiger partial charge in [-0.05, 0) is 38.5 Å². The van der Waals surface area contributed by atoms with Gasteiger partial charge in [-0.2, -0.15) is 0 Å². The molecule has 0 fully saturated rings. The van der Waals surface area contributed by atoms with Crippen molar-refractivity contribution in [2.75, 3.05) is 41.0 Å². The van der Waals surface area contributed by atoms with E-state index in [1.54, 1.807) is 21.1 Å². The number of unbranched alkanes of at least 4 members (excludes halogenated alkanes) is 23. The summed E-state index contributed by atoms with van der Waals surface area (Å²) in [5.74, 6) is -1.73. The highest BCUT2D eigenvalue weighted by Crippen LogP contribution is 2.15. The first kappa shape index (κ1) is 50.1. The first-order chi connectivity index (χ1) is 25.1. The summed E-state index contributed by atoms with van der Waals surface area (Å²) in [7, 11) is 5.41. The Morgan fingerprint density at radius 1 is 0.558 bits per heavy atom. The summed E-state index contributed by atoms with van der Waals surface area (Å²) < 4.78 is 17.1. The maximum Gasteiger partial charge on any atom is 0.306 e. The lowest BCUT2D eigenvalue weighted by Crippen LogP contribution is -2.55. The second-order valence-corrected chi connectivity index (χ2v) is 15.9. The molecule has 0 aromatic heterocycles. The molecule has 2 atom stereocenters. The maximum absolute atomic E-state index is 12.7. The van der Waals surface area contributed by atoms with Crippen LogP contribution < -0.4 is 5.11 Å². The van der Waals surface area contributed by atoms with E-state index in [2.05, 4.69) is 26.0 Å². The van der Waals surface area contributed by atoms with Crippen molar-refractivity contribution in [3.8, 4) is 0 Å². The quantitative estimate of drug-likeness (QED) is 0.0268. The summed E-state index contributed by atoms with van der Waals surface area (Å²) in [6.45, 7) is 4.66. The Morgan fingerprint density at radius 3 is 1.38 bits per heavy atom. The molecule has 8 heteroatoms. The van der Waals surface area contributed by atoms with Gasteiger partial charge in [0.25, 0.3) is 0 Å². The monoisotopic (exact) mass is 738 g/mol. The number of quaternary nitrogens is 1. The molecular formula is C44H83NO7. The number of carboxylic acid groups (broad SMARTS) is 1. The zero-order chi connectivity index (χ0) is 38.5. The van der Waals surface area contributed by atoms with Crippen LogP contribution >= 0.6 is 0 Å². The van der Waals surface area contributed by atoms with Crippen LogP contribution in [0.25, 0.3) is 0 Å². The van der Waals surface area contributed by atoms with Crippen molar-refractivity contribution >= 4 is 17.9 Å². The van der Waals surface area contributed by atoms with Gasteiger partial charge in [0.05, 0.1) is 40.3 Å². The summed E-state index contributed by atoms with van der Waals surface area (Å²) in [6, 6.07) is -0.722. The van der Waals surface area contributed by atoms with Crippen molar-refractivity contribution in [3.63, 3.8) is 0 Å². The van der Waals surface area contributed by atoms with E-state index in [0.29, 0.717) is 12.8 Å². The van der Waals surface area contributed by atoms with Crippen molar-refractivity contribution in [1.82, 2.24) is 0 Å². The van der Waals surface area contributed by atoms with Crippen LogP contribution in [0.2, 0.25) is 0 Å². The Morgan fingerprint density at radius 2 is 0.962 bits per heavy atom. The molecule has 2 unspecified atom stereocenters. The number of carboxylic acids is 1. The molecule has 0 amide bonds. The predicted molar refractivity (Wildman–Crippen MR) is 213 cm³/mol. The van der Waals surface area contributed by atoms with Gasteiger partial charge in [-0.3, -0.25) is 9.59 Å². The molecule has 0 radical (unpaired) electrons. The lowest BCUT2D eigenvalue weighted by molar-refractivity contribution is -0.889. The lowest BCUT2D eigenvalue weighted by atomic mass is 10.0. The maximum atomic E-state index is 12.7. The highest BCUT2D eigenvalue weighted by Gasteiger charge is 2.25. The summed E-state index contributed by atoms with van der Waals surface area (Å²) in [4.78, 5) is 36.8. The largest absolute Gasteiger partial charge is 0.544 e. The molecule has 0 aliphatic carbocycles. The summed E-state index contributed by atoms with van der Waals surface area (Å²) >= 11 is 0. The Hall–Kier alpha value is -1.93. The van der Waals surface area contributed by atoms with Crippen molar-refractivity contribution in [2.45, 2.75) is 212 Å². The lowest BCUT2D eigenvalue weighted by Gasteiger charge is -2.34. The Balaban J connectivity index is 4.35. The van der Waals surface area contributed by atoms with Gasteiger partial charge in [0.2, 0.25) is 0 Å². The van der Waals surface area contributed by atoms with Crippen LogP contribution in [0.5, 0.6) is 0 Å². The van der Waals surface area contributed by atoms with Gasteiger partial charge in [0, 0.05) is 19.3 Å². The average Bonchev–Trinajstić information content (AvgIpc) is 3.09. The number of ether oxygens (including phenoxy) is 3. The van der Waals surface area contributed by atoms with Crippen LogP contribution in [0.1, 0.15) is 200 Å². The van der Waals surface area contributed by atoms with Gasteiger partial charge in [0.1, 0.15) is 12.6 Å². The second kappa shape index (κ2) is 36.1. The third-order valence-corrected chi connectivity index (χ3v) is 9.90. The Labute approximate surface area is 320 Å². The number of aliphatic carboxylic acids is 1. The van der Waals surface area contributed by atoms with Crippen LogP contribution in [0.3, 0.4) is 0 Å². The minimum atomic E-state index is -1.12. The molecule has 306 valence electrons. The van der Waals surface area contributed by atoms with E-state index in [1.807, 2.05) is 0 Å². The fraction of sp³-hybridized carbons (Fsp3) is 0.886. The first-order valence-electron chi connectivity index (χ1n) is 21.7. The highest BCUT2D eigenvalue weighted by atomic mass is 16.6. The van der Waals surface area contributed by atoms with Crippen LogP contribution in [0, 0.1) is 0 Å². The number of carbonyl (C=O) groups is 3. The Bertz CT molecular complexity index is 869. The number of likely N-dealkylation sites (N-methyl/N-ethyl adjacent to an activating group) is 1. The molecule has 0 saturated carbocycles. The number of allylic oxidation sites excluding steroid dienone is 2. The van der Waals surface area contributed by atoms with E-state index in [0.717, 1.165) is 51.4 Å². The number of nitrogens with zero attached hydrogens (tertiary/aromatic N) is 1. The molecule has 0 aliphatic heterocycles. The Kier molecular flexibility index (Phi) is 34.7. The number of rotatable bonds is 39. The predicted octanol–water partition coefficient (Wildman–Crippen LogP) is 10.2. The third-order valence-electron chi connectivity index (χ3n) is 9.90. The number of hydrogen-bond acceptors (Lipinski definition) is 7. The topological polar surface area (TPSA) is 102 Å². The molecule has 0 heterocycles.